The van der Waals surface area contributed by atoms with Crippen molar-refractivity contribution in [3.8, 4) is 0 Å². The van der Waals surface area contributed by atoms with Crippen molar-refractivity contribution >= 4 is 29.0 Å². The highest BCUT2D eigenvalue weighted by Gasteiger charge is 2.07. The van der Waals surface area contributed by atoms with Crippen LogP contribution < -0.4 is 11.1 Å². The Balaban J connectivity index is 1.94. The van der Waals surface area contributed by atoms with Crippen LogP contribution in [0, 0.1) is 0 Å². The fraction of sp³-hybridized carbons (Fsp3) is 0.133. The molecule has 3 nitrogen and oxygen atoms in total. The van der Waals surface area contributed by atoms with Crippen LogP contribution in [0.15, 0.2) is 47.9 Å². The summed E-state index contributed by atoms with van der Waals surface area (Å²) in [5, 5.41) is 4.92. The normalized spacial score (nSPS) is 12.5. The lowest BCUT2D eigenvalue weighted by Gasteiger charge is -2.09. The Morgan fingerprint density at radius 1 is 1.37 bits per heavy atom. The Kier molecular flexibility index (Phi) is 4.36. The van der Waals surface area contributed by atoms with Gasteiger partial charge in [-0.2, -0.15) is 0 Å². The summed E-state index contributed by atoms with van der Waals surface area (Å²) < 4.78 is 0. The van der Waals surface area contributed by atoms with Crippen molar-refractivity contribution in [2.24, 2.45) is 0 Å². The van der Waals surface area contributed by atoms with Crippen molar-refractivity contribution in [2.45, 2.75) is 13.0 Å². The predicted molar refractivity (Wildman–Crippen MR) is 80.8 cm³/mol. The molecule has 0 aliphatic heterocycles. The molecule has 1 amide bonds. The number of carbonyl (C=O) groups excluding carboxylic acids is 1. The molecule has 0 spiro atoms. The molecule has 0 saturated heterocycles. The topological polar surface area (TPSA) is 55.1 Å². The Morgan fingerprint density at radius 2 is 2.21 bits per heavy atom. The van der Waals surface area contributed by atoms with Gasteiger partial charge in [-0.25, -0.2) is 0 Å². The first-order valence-electron chi connectivity index (χ1n) is 6.02. The largest absolute Gasteiger partial charge is 0.399 e. The van der Waals surface area contributed by atoms with Gasteiger partial charge in [-0.1, -0.05) is 18.2 Å². The molecular formula is C15H16N2OS. The lowest BCUT2D eigenvalue weighted by Crippen LogP contribution is -2.23. The van der Waals surface area contributed by atoms with Gasteiger partial charge in [0.25, 0.3) is 0 Å². The standard InChI is InChI=1S/C15H16N2OS/c1-11(14-6-3-9-19-14)17-15(18)8-7-12-4-2-5-13(16)10-12/h2-11H,16H2,1H3,(H,17,18)/b8-7+. The quantitative estimate of drug-likeness (QED) is 0.663. The number of amides is 1. The Labute approximate surface area is 116 Å². The first kappa shape index (κ1) is 13.4. The Hall–Kier alpha value is -2.07. The third-order valence-electron chi connectivity index (χ3n) is 2.67. The zero-order valence-corrected chi connectivity index (χ0v) is 11.5. The maximum atomic E-state index is 11.8. The average molecular weight is 272 g/mol. The number of hydrogen-bond acceptors (Lipinski definition) is 3. The highest BCUT2D eigenvalue weighted by atomic mass is 32.1. The number of nitrogens with two attached hydrogens (primary N) is 1. The SMILES string of the molecule is CC(NC(=O)/C=C/c1cccc(N)c1)c1cccs1. The summed E-state index contributed by atoms with van der Waals surface area (Å²) in [6.45, 7) is 1.97. The second-order valence-corrected chi connectivity index (χ2v) is 5.23. The molecule has 4 heteroatoms. The molecule has 0 aliphatic rings. The maximum Gasteiger partial charge on any atom is 0.244 e. The van der Waals surface area contributed by atoms with Gasteiger partial charge in [0.05, 0.1) is 6.04 Å². The van der Waals surface area contributed by atoms with E-state index < -0.39 is 0 Å². The van der Waals surface area contributed by atoms with Crippen LogP contribution in [-0.2, 0) is 4.79 Å². The summed E-state index contributed by atoms with van der Waals surface area (Å²) in [4.78, 5) is 12.9. The van der Waals surface area contributed by atoms with Crippen molar-refractivity contribution < 1.29 is 4.79 Å². The van der Waals surface area contributed by atoms with E-state index in [1.807, 2.05) is 48.7 Å². The number of rotatable bonds is 4. The van der Waals surface area contributed by atoms with Gasteiger partial charge in [-0.3, -0.25) is 4.79 Å². The summed E-state index contributed by atoms with van der Waals surface area (Å²) in [6.07, 6.45) is 3.28. The predicted octanol–water partition coefficient (Wildman–Crippen LogP) is 3.22. The highest BCUT2D eigenvalue weighted by Crippen LogP contribution is 2.18. The Morgan fingerprint density at radius 3 is 2.89 bits per heavy atom. The molecule has 1 atom stereocenters. The van der Waals surface area contributed by atoms with Crippen LogP contribution in [0.5, 0.6) is 0 Å². The average Bonchev–Trinajstić information content (AvgIpc) is 2.90. The van der Waals surface area contributed by atoms with Gasteiger partial charge in [0.15, 0.2) is 0 Å². The van der Waals surface area contributed by atoms with E-state index in [0.29, 0.717) is 5.69 Å². The highest BCUT2D eigenvalue weighted by molar-refractivity contribution is 7.10. The number of thiophene rings is 1. The summed E-state index contributed by atoms with van der Waals surface area (Å²) in [6, 6.07) is 11.4. The van der Waals surface area contributed by atoms with Crippen LogP contribution in [0.2, 0.25) is 0 Å². The molecule has 98 valence electrons. The van der Waals surface area contributed by atoms with Crippen molar-refractivity contribution in [1.82, 2.24) is 5.32 Å². The molecule has 0 aliphatic carbocycles. The number of carbonyl (C=O) groups is 1. The van der Waals surface area contributed by atoms with Crippen molar-refractivity contribution in [3.63, 3.8) is 0 Å². The van der Waals surface area contributed by atoms with E-state index >= 15 is 0 Å². The molecule has 2 aromatic rings. The molecule has 1 unspecified atom stereocenters. The summed E-state index contributed by atoms with van der Waals surface area (Å²) in [7, 11) is 0. The van der Waals surface area contributed by atoms with E-state index in [1.165, 1.54) is 6.08 Å². The lowest BCUT2D eigenvalue weighted by molar-refractivity contribution is -0.117. The van der Waals surface area contributed by atoms with E-state index in [2.05, 4.69) is 5.32 Å². The molecule has 1 aromatic heterocycles. The zero-order chi connectivity index (χ0) is 13.7. The summed E-state index contributed by atoms with van der Waals surface area (Å²) >= 11 is 1.63. The van der Waals surface area contributed by atoms with Crippen molar-refractivity contribution in [3.05, 3.63) is 58.3 Å². The third-order valence-corrected chi connectivity index (χ3v) is 3.72. The molecule has 3 N–H and O–H groups in total. The smallest absolute Gasteiger partial charge is 0.244 e. The minimum absolute atomic E-state index is 0.0259. The molecule has 19 heavy (non-hydrogen) atoms. The number of hydrogen-bond donors (Lipinski definition) is 2. The fourth-order valence-corrected chi connectivity index (χ4v) is 2.44. The van der Waals surface area contributed by atoms with E-state index in [1.54, 1.807) is 17.4 Å². The lowest BCUT2D eigenvalue weighted by atomic mass is 10.2. The van der Waals surface area contributed by atoms with E-state index in [0.717, 1.165) is 10.4 Å². The number of nitrogens with one attached hydrogen (secondary N) is 1. The molecule has 2 rings (SSSR count). The molecule has 1 aromatic carbocycles. The van der Waals surface area contributed by atoms with Crippen LogP contribution in [0.4, 0.5) is 5.69 Å². The summed E-state index contributed by atoms with van der Waals surface area (Å²) in [5.74, 6) is -0.108. The number of nitrogen functional groups attached to an aromatic ring is 1. The minimum atomic E-state index is -0.108. The molecule has 0 fully saturated rings. The number of benzene rings is 1. The van der Waals surface area contributed by atoms with E-state index in [-0.39, 0.29) is 11.9 Å². The van der Waals surface area contributed by atoms with Crippen LogP contribution in [-0.4, -0.2) is 5.91 Å². The second kappa shape index (κ2) is 6.20. The van der Waals surface area contributed by atoms with Gasteiger partial charge in [-0.15, -0.1) is 11.3 Å². The van der Waals surface area contributed by atoms with Gasteiger partial charge in [0, 0.05) is 16.6 Å². The first-order chi connectivity index (χ1) is 9.15. The molecule has 0 bridgehead atoms. The molecule has 0 radical (unpaired) electrons. The third kappa shape index (κ3) is 3.96. The van der Waals surface area contributed by atoms with Gasteiger partial charge in [-0.05, 0) is 42.1 Å². The maximum absolute atomic E-state index is 11.8. The summed E-state index contributed by atoms with van der Waals surface area (Å²) in [5.41, 5.74) is 7.28. The zero-order valence-electron chi connectivity index (χ0n) is 10.7. The van der Waals surface area contributed by atoms with Crippen LogP contribution in [0.1, 0.15) is 23.4 Å². The number of anilines is 1. The molecular weight excluding hydrogens is 256 g/mol. The van der Waals surface area contributed by atoms with Crippen molar-refractivity contribution in [2.75, 3.05) is 5.73 Å². The van der Waals surface area contributed by atoms with Crippen molar-refractivity contribution in [1.29, 1.82) is 0 Å². The van der Waals surface area contributed by atoms with Gasteiger partial charge >= 0.3 is 0 Å². The van der Waals surface area contributed by atoms with E-state index in [9.17, 15) is 4.79 Å². The van der Waals surface area contributed by atoms with Gasteiger partial charge < -0.3 is 11.1 Å². The fourth-order valence-electron chi connectivity index (χ4n) is 1.70. The van der Waals surface area contributed by atoms with E-state index in [4.69, 9.17) is 5.73 Å². The monoisotopic (exact) mass is 272 g/mol. The first-order valence-corrected chi connectivity index (χ1v) is 6.90. The Bertz CT molecular complexity index is 576. The molecule has 0 saturated carbocycles. The van der Waals surface area contributed by atoms with Crippen LogP contribution >= 0.6 is 11.3 Å². The molecule has 1 heterocycles. The minimum Gasteiger partial charge on any atom is -0.399 e. The van der Waals surface area contributed by atoms with Crippen LogP contribution in [0.3, 0.4) is 0 Å². The second-order valence-electron chi connectivity index (χ2n) is 4.25. The van der Waals surface area contributed by atoms with Crippen LogP contribution in [0.25, 0.3) is 6.08 Å². The van der Waals surface area contributed by atoms with Gasteiger partial charge in [0.2, 0.25) is 5.91 Å². The van der Waals surface area contributed by atoms with Gasteiger partial charge in [0.1, 0.15) is 0 Å².